The van der Waals surface area contributed by atoms with Crippen LogP contribution in [-0.4, -0.2) is 109 Å². The number of amides is 1. The first-order chi connectivity index (χ1) is 24.8. The lowest BCUT2D eigenvalue weighted by molar-refractivity contribution is -0.193. The Morgan fingerprint density at radius 2 is 1.77 bits per heavy atom. The standard InChI is InChI=1S/C42H73N3O7/c1-25-34-21-31(42(34,3)4)22-35(25)43-40(48)38-37(26(2)47)36(24-46)52-45(38)23-28-14-11-15-33(39(28)50-7)29-18-30(20-32(19-29)44(5)6)41(49)51-17-16-27-12-9-8-10-13-27/h25-39,46-47H,8-24H2,1-7H3,(H,43,48)/t25-,26-,28?,29?,30?,31+,32?,33?,34-,35-,36-,37-,38-,39?/m0/s1. The smallest absolute Gasteiger partial charge is 0.308 e. The Bertz CT molecular complexity index is 1190. The first-order valence-corrected chi connectivity index (χ1v) is 21.2. The minimum absolute atomic E-state index is 0.0274. The lowest BCUT2D eigenvalue weighted by Gasteiger charge is -2.62. The number of hydroxylamine groups is 2. The Hall–Kier alpha value is -1.30. The molecule has 52 heavy (non-hydrogen) atoms. The van der Waals surface area contributed by atoms with E-state index in [1.165, 1.54) is 38.5 Å². The third kappa shape index (κ3) is 8.42. The number of fused-ring (bicyclic) bond motifs is 2. The van der Waals surface area contributed by atoms with Gasteiger partial charge in [-0.05, 0) is 113 Å². The molecule has 1 heterocycles. The summed E-state index contributed by atoms with van der Waals surface area (Å²) in [6.07, 6.45) is 13.8. The quantitative estimate of drug-likeness (QED) is 0.213. The number of carbonyl (C=O) groups is 2. The Balaban J connectivity index is 1.13. The fourth-order valence-corrected chi connectivity index (χ4v) is 12.3. The van der Waals surface area contributed by atoms with Gasteiger partial charge in [0.2, 0.25) is 5.91 Å². The third-order valence-corrected chi connectivity index (χ3v) is 15.6. The number of aliphatic hydroxyl groups is 2. The fourth-order valence-electron chi connectivity index (χ4n) is 12.3. The molecule has 298 valence electrons. The van der Waals surface area contributed by atoms with E-state index in [4.69, 9.17) is 14.3 Å². The molecule has 0 spiro atoms. The van der Waals surface area contributed by atoms with Crippen molar-refractivity contribution in [2.24, 2.45) is 58.7 Å². The van der Waals surface area contributed by atoms with Crippen molar-refractivity contribution in [2.75, 3.05) is 41.0 Å². The van der Waals surface area contributed by atoms with E-state index < -0.39 is 24.2 Å². The van der Waals surface area contributed by atoms with Gasteiger partial charge in [0.15, 0.2) is 0 Å². The molecule has 10 heteroatoms. The zero-order valence-corrected chi connectivity index (χ0v) is 33.5. The maximum absolute atomic E-state index is 14.3. The van der Waals surface area contributed by atoms with Crippen LogP contribution in [0.4, 0.5) is 0 Å². The molecule has 2 bridgehead atoms. The molecule has 1 amide bonds. The van der Waals surface area contributed by atoms with E-state index in [-0.39, 0.29) is 48.4 Å². The Morgan fingerprint density at radius 1 is 1.02 bits per heavy atom. The average molecular weight is 732 g/mol. The zero-order valence-electron chi connectivity index (χ0n) is 33.5. The van der Waals surface area contributed by atoms with Crippen LogP contribution in [0.5, 0.6) is 0 Å². The van der Waals surface area contributed by atoms with Crippen molar-refractivity contribution in [2.45, 2.75) is 154 Å². The van der Waals surface area contributed by atoms with Crippen molar-refractivity contribution in [3.63, 3.8) is 0 Å². The van der Waals surface area contributed by atoms with Crippen LogP contribution in [0.3, 0.4) is 0 Å². The van der Waals surface area contributed by atoms with E-state index >= 15 is 0 Å². The van der Waals surface area contributed by atoms with Gasteiger partial charge in [0, 0.05) is 37.6 Å². The van der Waals surface area contributed by atoms with Gasteiger partial charge in [-0.25, -0.2) is 0 Å². The molecule has 6 saturated carbocycles. The number of rotatable bonds is 13. The molecule has 14 atom stereocenters. The van der Waals surface area contributed by atoms with Crippen LogP contribution in [0.15, 0.2) is 0 Å². The molecule has 10 nitrogen and oxygen atoms in total. The van der Waals surface area contributed by atoms with Gasteiger partial charge in [-0.2, -0.15) is 5.06 Å². The summed E-state index contributed by atoms with van der Waals surface area (Å²) in [5.41, 5.74) is 0.319. The summed E-state index contributed by atoms with van der Waals surface area (Å²) in [5, 5.41) is 26.6. The topological polar surface area (TPSA) is 121 Å². The number of ether oxygens (including phenoxy) is 2. The van der Waals surface area contributed by atoms with Crippen molar-refractivity contribution in [1.82, 2.24) is 15.3 Å². The van der Waals surface area contributed by atoms with Crippen LogP contribution in [0.1, 0.15) is 118 Å². The molecular formula is C42H73N3O7. The van der Waals surface area contributed by atoms with Crippen LogP contribution in [0.2, 0.25) is 0 Å². The van der Waals surface area contributed by atoms with Crippen molar-refractivity contribution in [3.05, 3.63) is 0 Å². The molecule has 0 aromatic rings. The van der Waals surface area contributed by atoms with E-state index in [0.29, 0.717) is 54.2 Å². The molecular weight excluding hydrogens is 658 g/mol. The molecule has 1 saturated heterocycles. The van der Waals surface area contributed by atoms with Gasteiger partial charge < -0.3 is 29.9 Å². The van der Waals surface area contributed by atoms with Crippen molar-refractivity contribution >= 4 is 11.9 Å². The molecule has 0 radical (unpaired) electrons. The highest BCUT2D eigenvalue weighted by Gasteiger charge is 2.58. The summed E-state index contributed by atoms with van der Waals surface area (Å²) in [6, 6.07) is -0.296. The predicted molar refractivity (Wildman–Crippen MR) is 201 cm³/mol. The van der Waals surface area contributed by atoms with E-state index in [1.54, 1.807) is 19.1 Å². The van der Waals surface area contributed by atoms with Crippen LogP contribution < -0.4 is 5.32 Å². The normalized spacial score (nSPS) is 41.7. The van der Waals surface area contributed by atoms with Crippen molar-refractivity contribution < 1.29 is 34.1 Å². The van der Waals surface area contributed by atoms with Crippen molar-refractivity contribution in [1.29, 1.82) is 0 Å². The summed E-state index contributed by atoms with van der Waals surface area (Å²) in [6.45, 7) is 9.47. The number of esters is 1. The third-order valence-electron chi connectivity index (χ3n) is 15.6. The highest BCUT2D eigenvalue weighted by molar-refractivity contribution is 5.82. The zero-order chi connectivity index (χ0) is 37.3. The molecule has 0 aromatic carbocycles. The summed E-state index contributed by atoms with van der Waals surface area (Å²) in [4.78, 5) is 36.5. The number of aliphatic hydroxyl groups excluding tert-OH is 2. The second kappa shape index (κ2) is 17.2. The second-order valence-corrected chi connectivity index (χ2v) is 19.1. The van der Waals surface area contributed by atoms with Gasteiger partial charge in [-0.3, -0.25) is 14.4 Å². The molecule has 7 aliphatic rings. The van der Waals surface area contributed by atoms with Gasteiger partial charge in [-0.1, -0.05) is 59.3 Å². The molecule has 3 N–H and O–H groups in total. The first-order valence-electron chi connectivity index (χ1n) is 21.2. The summed E-state index contributed by atoms with van der Waals surface area (Å²) < 4.78 is 12.4. The molecule has 7 rings (SSSR count). The van der Waals surface area contributed by atoms with E-state index in [1.807, 2.05) is 0 Å². The minimum atomic E-state index is -0.823. The molecule has 6 unspecified atom stereocenters. The number of nitrogens with one attached hydrogen (secondary N) is 1. The molecule has 0 aromatic heterocycles. The van der Waals surface area contributed by atoms with E-state index in [0.717, 1.165) is 51.4 Å². The largest absolute Gasteiger partial charge is 0.465 e. The highest BCUT2D eigenvalue weighted by atomic mass is 16.7. The Morgan fingerprint density at radius 3 is 2.40 bits per heavy atom. The van der Waals surface area contributed by atoms with Gasteiger partial charge in [0.05, 0.1) is 31.3 Å². The van der Waals surface area contributed by atoms with Crippen LogP contribution in [0.25, 0.3) is 0 Å². The van der Waals surface area contributed by atoms with Gasteiger partial charge >= 0.3 is 5.97 Å². The maximum Gasteiger partial charge on any atom is 0.308 e. The number of hydrogen-bond acceptors (Lipinski definition) is 9. The van der Waals surface area contributed by atoms with Gasteiger partial charge in [0.25, 0.3) is 0 Å². The Labute approximate surface area is 314 Å². The SMILES string of the molecule is COC1C(CN2O[C@@H](CO)[C@H]([C@H](C)O)[C@H]2C(=O)N[C@H]2C[C@H]3C[C@@H]([C@@H]2C)C3(C)C)CCCC1C1CC(C(=O)OCCC2CCCCC2)CC(N(C)C)C1. The summed E-state index contributed by atoms with van der Waals surface area (Å²) in [5.74, 6) is 2.21. The van der Waals surface area contributed by atoms with Crippen LogP contribution >= 0.6 is 0 Å². The number of carbonyl (C=O) groups excluding carboxylic acids is 2. The van der Waals surface area contributed by atoms with Gasteiger partial charge in [0.1, 0.15) is 12.1 Å². The number of methoxy groups -OCH3 is 1. The van der Waals surface area contributed by atoms with E-state index in [9.17, 15) is 19.8 Å². The lowest BCUT2D eigenvalue weighted by Crippen LogP contribution is -2.62. The first kappa shape index (κ1) is 40.4. The number of nitrogens with zero attached hydrogens (tertiary/aromatic N) is 2. The average Bonchev–Trinajstić information content (AvgIpc) is 3.51. The fraction of sp³-hybridized carbons (Fsp3) is 0.952. The van der Waals surface area contributed by atoms with Gasteiger partial charge in [-0.15, -0.1) is 0 Å². The molecule has 1 aliphatic heterocycles. The molecule has 7 fully saturated rings. The second-order valence-electron chi connectivity index (χ2n) is 19.1. The van der Waals surface area contributed by atoms with Crippen LogP contribution in [-0.2, 0) is 23.9 Å². The predicted octanol–water partition coefficient (Wildman–Crippen LogP) is 5.44. The van der Waals surface area contributed by atoms with Crippen molar-refractivity contribution in [3.8, 4) is 0 Å². The summed E-state index contributed by atoms with van der Waals surface area (Å²) >= 11 is 0. The molecule has 6 aliphatic carbocycles. The minimum Gasteiger partial charge on any atom is -0.465 e. The summed E-state index contributed by atoms with van der Waals surface area (Å²) in [7, 11) is 6.06. The monoisotopic (exact) mass is 732 g/mol. The lowest BCUT2D eigenvalue weighted by atomic mass is 9.45. The van der Waals surface area contributed by atoms with E-state index in [2.05, 4.69) is 45.1 Å². The highest BCUT2D eigenvalue weighted by Crippen LogP contribution is 2.61. The van der Waals surface area contributed by atoms with Crippen LogP contribution in [0, 0.1) is 58.7 Å². The number of hydrogen-bond donors (Lipinski definition) is 3. The maximum atomic E-state index is 14.3. The Kier molecular flexibility index (Phi) is 13.4.